The molecule has 0 spiro atoms. The summed E-state index contributed by atoms with van der Waals surface area (Å²) in [4.78, 5) is 0.921. The molecule has 0 aromatic heterocycles. The summed E-state index contributed by atoms with van der Waals surface area (Å²) >= 11 is 4.96. The maximum atomic E-state index is 4.96. The predicted molar refractivity (Wildman–Crippen MR) is 46.2 cm³/mol. The molecule has 0 nitrogen and oxygen atoms in total. The minimum Gasteiger partial charge on any atom is -0.780 e. The maximum Gasteiger partial charge on any atom is 1.00 e. The standard InChI is InChI=1S/C9H12S.Na/c1-7(2)8-3-5-9(10)6-4-8;/h3-7,10H,1-2H3;/q;+1/p-1. The SMILES string of the molecule is CC(C)c1ccc([S-])cc1.[Na+]. The van der Waals surface area contributed by atoms with Crippen LogP contribution in [-0.2, 0) is 12.6 Å². The van der Waals surface area contributed by atoms with Crippen LogP contribution >= 0.6 is 0 Å². The fourth-order valence-electron chi connectivity index (χ4n) is 0.853. The first-order chi connectivity index (χ1) is 4.70. The molecule has 54 valence electrons. The van der Waals surface area contributed by atoms with Crippen molar-refractivity contribution in [2.24, 2.45) is 0 Å². The molecule has 0 unspecified atom stereocenters. The Morgan fingerprint density at radius 3 is 1.91 bits per heavy atom. The third-order valence-electron chi connectivity index (χ3n) is 1.55. The molecule has 0 fully saturated rings. The second kappa shape index (κ2) is 5.15. The molecular weight excluding hydrogens is 163 g/mol. The summed E-state index contributed by atoms with van der Waals surface area (Å²) in [5.74, 6) is 0.607. The first-order valence-electron chi connectivity index (χ1n) is 3.47. The van der Waals surface area contributed by atoms with E-state index in [9.17, 15) is 0 Å². The fourth-order valence-corrected chi connectivity index (χ4v) is 0.989. The van der Waals surface area contributed by atoms with E-state index in [0.29, 0.717) is 5.92 Å². The summed E-state index contributed by atoms with van der Waals surface area (Å²) in [5.41, 5.74) is 1.36. The molecule has 2 heteroatoms. The fraction of sp³-hybridized carbons (Fsp3) is 0.333. The van der Waals surface area contributed by atoms with Crippen LogP contribution < -0.4 is 29.6 Å². The van der Waals surface area contributed by atoms with Crippen molar-refractivity contribution in [1.29, 1.82) is 0 Å². The van der Waals surface area contributed by atoms with E-state index in [2.05, 4.69) is 26.0 Å². The van der Waals surface area contributed by atoms with Crippen molar-refractivity contribution >= 4 is 12.6 Å². The third kappa shape index (κ3) is 3.57. The Morgan fingerprint density at radius 2 is 1.55 bits per heavy atom. The van der Waals surface area contributed by atoms with E-state index in [1.807, 2.05) is 12.1 Å². The summed E-state index contributed by atoms with van der Waals surface area (Å²) < 4.78 is 0. The van der Waals surface area contributed by atoms with Gasteiger partial charge in [0.05, 0.1) is 0 Å². The largest absolute Gasteiger partial charge is 1.00 e. The number of benzene rings is 1. The van der Waals surface area contributed by atoms with E-state index < -0.39 is 0 Å². The van der Waals surface area contributed by atoms with E-state index in [0.717, 1.165) is 4.90 Å². The molecule has 0 radical (unpaired) electrons. The van der Waals surface area contributed by atoms with Gasteiger partial charge in [0.25, 0.3) is 0 Å². The maximum absolute atomic E-state index is 4.96. The van der Waals surface area contributed by atoms with E-state index in [-0.39, 0.29) is 29.6 Å². The quantitative estimate of drug-likeness (QED) is 0.417. The minimum absolute atomic E-state index is 0. The van der Waals surface area contributed by atoms with Gasteiger partial charge in [0, 0.05) is 0 Å². The molecule has 0 amide bonds. The number of rotatable bonds is 1. The van der Waals surface area contributed by atoms with E-state index in [1.54, 1.807) is 0 Å². The molecule has 0 heterocycles. The van der Waals surface area contributed by atoms with Gasteiger partial charge in [-0.3, -0.25) is 0 Å². The van der Waals surface area contributed by atoms with Crippen LogP contribution in [0.15, 0.2) is 29.2 Å². The van der Waals surface area contributed by atoms with Crippen LogP contribution in [0.3, 0.4) is 0 Å². The summed E-state index contributed by atoms with van der Waals surface area (Å²) in [6, 6.07) is 8.13. The molecule has 0 aliphatic carbocycles. The number of hydrogen-bond acceptors (Lipinski definition) is 1. The summed E-state index contributed by atoms with van der Waals surface area (Å²) in [6.45, 7) is 4.36. The van der Waals surface area contributed by atoms with Crippen molar-refractivity contribution in [1.82, 2.24) is 0 Å². The molecule has 0 bridgehead atoms. The first-order valence-corrected chi connectivity index (χ1v) is 3.88. The van der Waals surface area contributed by atoms with Gasteiger partial charge in [-0.05, 0) is 11.5 Å². The Kier molecular flexibility index (Phi) is 5.36. The minimum atomic E-state index is 0. The number of hydrogen-bond donors (Lipinski definition) is 0. The van der Waals surface area contributed by atoms with E-state index >= 15 is 0 Å². The Balaban J connectivity index is 0.000001000. The van der Waals surface area contributed by atoms with Gasteiger partial charge >= 0.3 is 29.6 Å². The van der Waals surface area contributed by atoms with Crippen LogP contribution in [0.25, 0.3) is 0 Å². The van der Waals surface area contributed by atoms with Gasteiger partial charge in [-0.25, -0.2) is 0 Å². The van der Waals surface area contributed by atoms with Crippen molar-refractivity contribution in [3.8, 4) is 0 Å². The van der Waals surface area contributed by atoms with Crippen LogP contribution in [0.4, 0.5) is 0 Å². The van der Waals surface area contributed by atoms with Gasteiger partial charge in [0.1, 0.15) is 0 Å². The molecule has 0 N–H and O–H groups in total. The molecule has 0 saturated heterocycles. The third-order valence-corrected chi connectivity index (χ3v) is 1.82. The van der Waals surface area contributed by atoms with Crippen LogP contribution in [-0.4, -0.2) is 0 Å². The van der Waals surface area contributed by atoms with Crippen molar-refractivity contribution < 1.29 is 29.6 Å². The van der Waals surface area contributed by atoms with Crippen LogP contribution in [0, 0.1) is 0 Å². The van der Waals surface area contributed by atoms with Gasteiger partial charge in [-0.15, -0.1) is 0 Å². The predicted octanol–water partition coefficient (Wildman–Crippen LogP) is -0.280. The first kappa shape index (κ1) is 11.4. The Hall–Kier alpha value is 0.440. The van der Waals surface area contributed by atoms with Crippen molar-refractivity contribution in [3.63, 3.8) is 0 Å². The van der Waals surface area contributed by atoms with Crippen molar-refractivity contribution in [2.45, 2.75) is 24.7 Å². The van der Waals surface area contributed by atoms with Crippen LogP contribution in [0.1, 0.15) is 25.3 Å². The summed E-state index contributed by atoms with van der Waals surface area (Å²) in [7, 11) is 0. The molecule has 0 aliphatic rings. The van der Waals surface area contributed by atoms with Crippen LogP contribution in [0.5, 0.6) is 0 Å². The van der Waals surface area contributed by atoms with Crippen molar-refractivity contribution in [2.75, 3.05) is 0 Å². The monoisotopic (exact) mass is 174 g/mol. The molecule has 11 heavy (non-hydrogen) atoms. The molecule has 1 rings (SSSR count). The molecule has 0 saturated carbocycles. The topological polar surface area (TPSA) is 0 Å². The van der Waals surface area contributed by atoms with Gasteiger partial charge in [0.15, 0.2) is 0 Å². The molecule has 1 aromatic carbocycles. The molecule has 0 atom stereocenters. The van der Waals surface area contributed by atoms with Gasteiger partial charge in [-0.2, -0.15) is 4.90 Å². The van der Waals surface area contributed by atoms with E-state index in [1.165, 1.54) is 5.56 Å². The van der Waals surface area contributed by atoms with Gasteiger partial charge in [0.2, 0.25) is 0 Å². The van der Waals surface area contributed by atoms with Gasteiger partial charge in [-0.1, -0.05) is 38.1 Å². The average molecular weight is 174 g/mol. The summed E-state index contributed by atoms with van der Waals surface area (Å²) in [6.07, 6.45) is 0. The van der Waals surface area contributed by atoms with Crippen LogP contribution in [0.2, 0.25) is 0 Å². The summed E-state index contributed by atoms with van der Waals surface area (Å²) in [5, 5.41) is 0. The molecule has 1 aromatic rings. The molecular formula is C9H11NaS. The Morgan fingerprint density at radius 1 is 1.09 bits per heavy atom. The van der Waals surface area contributed by atoms with E-state index in [4.69, 9.17) is 12.6 Å². The second-order valence-corrected chi connectivity index (χ2v) is 3.20. The smallest absolute Gasteiger partial charge is 0.780 e. The van der Waals surface area contributed by atoms with Crippen molar-refractivity contribution in [3.05, 3.63) is 29.8 Å². The molecule has 0 aliphatic heterocycles. The Labute approximate surface area is 96.1 Å². The normalized spacial score (nSPS) is 9.36. The second-order valence-electron chi connectivity index (χ2n) is 2.72. The zero-order chi connectivity index (χ0) is 7.56. The zero-order valence-corrected chi connectivity index (χ0v) is 10.1. The van der Waals surface area contributed by atoms with Gasteiger partial charge < -0.3 is 12.6 Å². The zero-order valence-electron chi connectivity index (χ0n) is 7.29. The average Bonchev–Trinajstić information content (AvgIpc) is 1.88. The Bertz CT molecular complexity index is 203.